The maximum Gasteiger partial charge on any atom is 0.343 e. The van der Waals surface area contributed by atoms with Gasteiger partial charge >= 0.3 is 11.9 Å². The summed E-state index contributed by atoms with van der Waals surface area (Å²) in [5.41, 5.74) is 2.95. The van der Waals surface area contributed by atoms with Gasteiger partial charge in [-0.1, -0.05) is 35.9 Å². The highest BCUT2D eigenvalue weighted by molar-refractivity contribution is 6.01. The van der Waals surface area contributed by atoms with Crippen LogP contribution in [0.4, 0.5) is 5.69 Å². The van der Waals surface area contributed by atoms with Gasteiger partial charge in [-0.25, -0.2) is 4.79 Å². The van der Waals surface area contributed by atoms with E-state index in [0.29, 0.717) is 22.3 Å². The zero-order chi connectivity index (χ0) is 26.2. The molecular weight excluding hydrogens is 472 g/mol. The van der Waals surface area contributed by atoms with Crippen LogP contribution in [0.15, 0.2) is 85.1 Å². The molecule has 3 aromatic carbocycles. The highest BCUT2D eigenvalue weighted by Gasteiger charge is 2.14. The van der Waals surface area contributed by atoms with Crippen LogP contribution >= 0.6 is 0 Å². The third kappa shape index (κ3) is 6.85. The number of nitrogens with one attached hydrogen (secondary N) is 1. The Bertz CT molecular complexity index is 1440. The number of carbonyl (C=O) groups excluding carboxylic acids is 4. The van der Waals surface area contributed by atoms with Crippen molar-refractivity contribution in [2.45, 2.75) is 19.8 Å². The van der Waals surface area contributed by atoms with Gasteiger partial charge in [0, 0.05) is 23.6 Å². The number of Topliss-reactive ketones (excluding diaryl/α,β-unsaturated/α-hetero) is 1. The van der Waals surface area contributed by atoms with Crippen LogP contribution in [0.1, 0.15) is 39.1 Å². The summed E-state index contributed by atoms with van der Waals surface area (Å²) in [5.74, 6) is -1.67. The van der Waals surface area contributed by atoms with Crippen LogP contribution in [0.3, 0.4) is 0 Å². The molecule has 0 saturated carbocycles. The fourth-order valence-corrected chi connectivity index (χ4v) is 3.50. The predicted molar refractivity (Wildman–Crippen MR) is 137 cm³/mol. The Labute approximate surface area is 213 Å². The number of ketones is 1. The largest absolute Gasteiger partial charge is 0.457 e. The van der Waals surface area contributed by atoms with Gasteiger partial charge in [-0.05, 0) is 55.5 Å². The number of hydrogen-bond acceptors (Lipinski definition) is 7. The highest BCUT2D eigenvalue weighted by Crippen LogP contribution is 2.21. The molecule has 0 bridgehead atoms. The number of para-hydroxylation sites is 1. The van der Waals surface area contributed by atoms with Crippen LogP contribution < -0.4 is 10.1 Å². The Morgan fingerprint density at radius 1 is 0.811 bits per heavy atom. The van der Waals surface area contributed by atoms with E-state index in [1.54, 1.807) is 36.5 Å². The molecule has 0 unspecified atom stereocenters. The fourth-order valence-electron chi connectivity index (χ4n) is 3.50. The first-order valence-corrected chi connectivity index (χ1v) is 11.6. The second-order valence-electron chi connectivity index (χ2n) is 8.29. The third-order valence-electron chi connectivity index (χ3n) is 5.50. The van der Waals surface area contributed by atoms with Gasteiger partial charge in [0.25, 0.3) is 0 Å². The number of aromatic nitrogens is 1. The SMILES string of the molecule is Cc1ccc(C(=O)Oc2ccc(C(=O)COC(=O)CCC(=O)Nc3cccc4cccnc34)cc2)cc1. The monoisotopic (exact) mass is 496 g/mol. The number of esters is 2. The van der Waals surface area contributed by atoms with Crippen molar-refractivity contribution in [2.24, 2.45) is 0 Å². The van der Waals surface area contributed by atoms with Gasteiger partial charge in [0.15, 0.2) is 12.4 Å². The molecule has 0 aliphatic heterocycles. The minimum atomic E-state index is -0.664. The zero-order valence-corrected chi connectivity index (χ0v) is 20.1. The Hall–Kier alpha value is -4.85. The molecule has 8 heteroatoms. The summed E-state index contributed by atoms with van der Waals surface area (Å²) >= 11 is 0. The number of ether oxygens (including phenoxy) is 2. The van der Waals surface area contributed by atoms with Crippen molar-refractivity contribution >= 4 is 40.2 Å². The topological polar surface area (TPSA) is 112 Å². The first kappa shape index (κ1) is 25.2. The van der Waals surface area contributed by atoms with Crippen LogP contribution in [0.2, 0.25) is 0 Å². The molecule has 0 aliphatic carbocycles. The standard InChI is InChI=1S/C29H24N2O6/c1-19-7-9-22(10-8-19)29(35)37-23-13-11-20(12-14-23)25(32)18-36-27(34)16-15-26(33)31-24-6-2-4-21-5-3-17-30-28(21)24/h2-14,17H,15-16,18H2,1H3,(H,31,33). The summed E-state index contributed by atoms with van der Waals surface area (Å²) < 4.78 is 10.3. The van der Waals surface area contributed by atoms with E-state index < -0.39 is 24.3 Å². The Kier molecular flexibility index (Phi) is 8.00. The molecule has 0 spiro atoms. The Balaban J connectivity index is 1.21. The van der Waals surface area contributed by atoms with E-state index in [-0.39, 0.29) is 24.5 Å². The Morgan fingerprint density at radius 3 is 2.27 bits per heavy atom. The lowest BCUT2D eigenvalue weighted by Gasteiger charge is -2.08. The molecular formula is C29H24N2O6. The molecule has 37 heavy (non-hydrogen) atoms. The lowest BCUT2D eigenvalue weighted by atomic mass is 10.1. The Morgan fingerprint density at radius 2 is 1.51 bits per heavy atom. The molecule has 8 nitrogen and oxygen atoms in total. The molecule has 0 radical (unpaired) electrons. The summed E-state index contributed by atoms with van der Waals surface area (Å²) in [6.07, 6.45) is 1.36. The van der Waals surface area contributed by atoms with E-state index >= 15 is 0 Å². The minimum Gasteiger partial charge on any atom is -0.457 e. The molecule has 1 amide bonds. The number of fused-ring (bicyclic) bond motifs is 1. The van der Waals surface area contributed by atoms with Gasteiger partial charge in [-0.2, -0.15) is 0 Å². The molecule has 1 aromatic heterocycles. The third-order valence-corrected chi connectivity index (χ3v) is 5.50. The average Bonchev–Trinajstić information content (AvgIpc) is 2.91. The quantitative estimate of drug-likeness (QED) is 0.199. The van der Waals surface area contributed by atoms with Crippen LogP contribution in [0, 0.1) is 6.92 Å². The highest BCUT2D eigenvalue weighted by atomic mass is 16.5. The smallest absolute Gasteiger partial charge is 0.343 e. The summed E-state index contributed by atoms with van der Waals surface area (Å²) in [6.45, 7) is 1.46. The van der Waals surface area contributed by atoms with Crippen LogP contribution in [0.25, 0.3) is 10.9 Å². The summed E-state index contributed by atoms with van der Waals surface area (Å²) in [5, 5.41) is 3.64. The maximum atomic E-state index is 12.4. The van der Waals surface area contributed by atoms with Crippen molar-refractivity contribution in [3.8, 4) is 5.75 Å². The van der Waals surface area contributed by atoms with Gasteiger partial charge in [0.1, 0.15) is 5.75 Å². The molecule has 1 N–H and O–H groups in total. The fraction of sp³-hybridized carbons (Fsp3) is 0.138. The van der Waals surface area contributed by atoms with Crippen molar-refractivity contribution in [3.05, 3.63) is 102 Å². The number of nitrogens with zero attached hydrogens (tertiary/aromatic N) is 1. The molecule has 0 fully saturated rings. The van der Waals surface area contributed by atoms with E-state index in [0.717, 1.165) is 10.9 Å². The number of amides is 1. The normalized spacial score (nSPS) is 10.5. The first-order valence-electron chi connectivity index (χ1n) is 11.6. The van der Waals surface area contributed by atoms with Gasteiger partial charge < -0.3 is 14.8 Å². The molecule has 0 saturated heterocycles. The summed E-state index contributed by atoms with van der Waals surface area (Å²) in [7, 11) is 0. The molecule has 0 atom stereocenters. The lowest BCUT2D eigenvalue weighted by molar-refractivity contribution is -0.143. The van der Waals surface area contributed by atoms with Gasteiger partial charge in [0.05, 0.1) is 23.2 Å². The van der Waals surface area contributed by atoms with Gasteiger partial charge in [-0.15, -0.1) is 0 Å². The minimum absolute atomic E-state index is 0.0999. The van der Waals surface area contributed by atoms with E-state index in [2.05, 4.69) is 10.3 Å². The zero-order valence-electron chi connectivity index (χ0n) is 20.1. The molecule has 0 aliphatic rings. The number of aryl methyl sites for hydroxylation is 1. The number of carbonyl (C=O) groups is 4. The number of pyridine rings is 1. The maximum absolute atomic E-state index is 12.4. The molecule has 1 heterocycles. The molecule has 4 rings (SSSR count). The predicted octanol–water partition coefficient (Wildman–Crippen LogP) is 4.91. The molecule has 186 valence electrons. The van der Waals surface area contributed by atoms with Gasteiger partial charge in [0.2, 0.25) is 5.91 Å². The first-order chi connectivity index (χ1) is 17.9. The number of hydrogen-bond donors (Lipinski definition) is 1. The average molecular weight is 497 g/mol. The van der Waals surface area contributed by atoms with E-state index in [1.165, 1.54) is 24.3 Å². The number of anilines is 1. The van der Waals surface area contributed by atoms with Crippen molar-refractivity contribution in [1.29, 1.82) is 0 Å². The molecule has 4 aromatic rings. The van der Waals surface area contributed by atoms with Crippen LogP contribution in [-0.2, 0) is 14.3 Å². The van der Waals surface area contributed by atoms with Gasteiger partial charge in [-0.3, -0.25) is 19.4 Å². The summed E-state index contributed by atoms with van der Waals surface area (Å²) in [6, 6.07) is 22.1. The van der Waals surface area contributed by atoms with E-state index in [1.807, 2.05) is 31.2 Å². The van der Waals surface area contributed by atoms with Crippen molar-refractivity contribution in [1.82, 2.24) is 4.98 Å². The van der Waals surface area contributed by atoms with Crippen molar-refractivity contribution in [2.75, 3.05) is 11.9 Å². The van der Waals surface area contributed by atoms with E-state index in [4.69, 9.17) is 9.47 Å². The number of rotatable bonds is 9. The second kappa shape index (κ2) is 11.7. The van der Waals surface area contributed by atoms with Crippen molar-refractivity contribution in [3.63, 3.8) is 0 Å². The lowest BCUT2D eigenvalue weighted by Crippen LogP contribution is -2.17. The second-order valence-corrected chi connectivity index (χ2v) is 8.29. The van der Waals surface area contributed by atoms with Crippen LogP contribution in [0.5, 0.6) is 5.75 Å². The van der Waals surface area contributed by atoms with Crippen molar-refractivity contribution < 1.29 is 28.7 Å². The number of benzene rings is 3. The van der Waals surface area contributed by atoms with E-state index in [9.17, 15) is 19.2 Å². The van der Waals surface area contributed by atoms with Crippen LogP contribution in [-0.4, -0.2) is 35.2 Å². The summed E-state index contributed by atoms with van der Waals surface area (Å²) in [4.78, 5) is 53.2.